The molecule has 1 rings (SSSR count). The molecule has 3 N–H and O–H groups in total. The number of ether oxygens (including phenoxy) is 3. The largest absolute Gasteiger partial charge is 0.494 e. The quantitative estimate of drug-likeness (QED) is 0.450. The Morgan fingerprint density at radius 1 is 1.29 bits per heavy atom. The van der Waals surface area contributed by atoms with Gasteiger partial charge < -0.3 is 25.3 Å². The van der Waals surface area contributed by atoms with Crippen molar-refractivity contribution in [1.29, 1.82) is 0 Å². The lowest BCUT2D eigenvalue weighted by Gasteiger charge is -2.15. The molecule has 0 aliphatic rings. The second-order valence-corrected chi connectivity index (χ2v) is 5.52. The summed E-state index contributed by atoms with van der Waals surface area (Å²) in [5, 5.41) is 3.29. The Morgan fingerprint density at radius 3 is 2.75 bits per heavy atom. The van der Waals surface area contributed by atoms with Gasteiger partial charge in [0.05, 0.1) is 26.0 Å². The standard InChI is InChI=1S/C18H30N2O4/c1-4-14(19)13-20-16-10-9-15(12-17(16)22-3)24-11-7-6-8-18(21)23-5-2/h9-10,12,14,20H,4-8,11,13,19H2,1-3H3/t14-/m0/s1. The van der Waals surface area contributed by atoms with E-state index in [1.54, 1.807) is 7.11 Å². The maximum absolute atomic E-state index is 11.2. The summed E-state index contributed by atoms with van der Waals surface area (Å²) >= 11 is 0. The van der Waals surface area contributed by atoms with E-state index in [4.69, 9.17) is 19.9 Å². The minimum Gasteiger partial charge on any atom is -0.494 e. The van der Waals surface area contributed by atoms with Gasteiger partial charge in [0.15, 0.2) is 0 Å². The first-order valence-corrected chi connectivity index (χ1v) is 8.56. The van der Waals surface area contributed by atoms with E-state index in [2.05, 4.69) is 12.2 Å². The molecule has 0 saturated carbocycles. The zero-order valence-electron chi connectivity index (χ0n) is 15.0. The maximum Gasteiger partial charge on any atom is 0.305 e. The summed E-state index contributed by atoms with van der Waals surface area (Å²) in [6.07, 6.45) is 2.90. The van der Waals surface area contributed by atoms with Crippen LogP contribution in [0, 0.1) is 0 Å². The lowest BCUT2D eigenvalue weighted by molar-refractivity contribution is -0.143. The van der Waals surface area contributed by atoms with E-state index < -0.39 is 0 Å². The minimum absolute atomic E-state index is 0.116. The van der Waals surface area contributed by atoms with Crippen LogP contribution in [0.3, 0.4) is 0 Å². The van der Waals surface area contributed by atoms with E-state index >= 15 is 0 Å². The molecule has 0 fully saturated rings. The highest BCUT2D eigenvalue weighted by Crippen LogP contribution is 2.29. The number of carbonyl (C=O) groups is 1. The van der Waals surface area contributed by atoms with Gasteiger partial charge >= 0.3 is 5.97 Å². The number of nitrogens with two attached hydrogens (primary N) is 1. The smallest absolute Gasteiger partial charge is 0.305 e. The van der Waals surface area contributed by atoms with Crippen molar-refractivity contribution in [3.05, 3.63) is 18.2 Å². The number of hydrogen-bond acceptors (Lipinski definition) is 6. The SMILES string of the molecule is CCOC(=O)CCCCOc1ccc(NC[C@@H](N)CC)c(OC)c1. The zero-order valence-corrected chi connectivity index (χ0v) is 15.0. The highest BCUT2D eigenvalue weighted by Gasteiger charge is 2.07. The number of anilines is 1. The second kappa shape index (κ2) is 11.6. The van der Waals surface area contributed by atoms with Gasteiger partial charge in [-0.25, -0.2) is 0 Å². The van der Waals surface area contributed by atoms with Gasteiger partial charge in [0, 0.05) is 25.1 Å². The summed E-state index contributed by atoms with van der Waals surface area (Å²) in [6.45, 7) is 5.54. The fourth-order valence-electron chi connectivity index (χ4n) is 2.09. The molecule has 0 spiro atoms. The van der Waals surface area contributed by atoms with Crippen LogP contribution >= 0.6 is 0 Å². The summed E-state index contributed by atoms with van der Waals surface area (Å²) in [7, 11) is 1.63. The first-order chi connectivity index (χ1) is 11.6. The summed E-state index contributed by atoms with van der Waals surface area (Å²) in [4.78, 5) is 11.2. The minimum atomic E-state index is -0.153. The molecule has 0 heterocycles. The Bertz CT molecular complexity index is 494. The highest BCUT2D eigenvalue weighted by molar-refractivity contribution is 5.69. The van der Waals surface area contributed by atoms with Crippen LogP contribution in [0.25, 0.3) is 0 Å². The van der Waals surface area contributed by atoms with Gasteiger partial charge in [-0.3, -0.25) is 4.79 Å². The predicted molar refractivity (Wildman–Crippen MR) is 95.7 cm³/mol. The van der Waals surface area contributed by atoms with Crippen molar-refractivity contribution in [2.75, 3.05) is 32.2 Å². The van der Waals surface area contributed by atoms with Crippen molar-refractivity contribution in [3.63, 3.8) is 0 Å². The first-order valence-electron chi connectivity index (χ1n) is 8.56. The number of methoxy groups -OCH3 is 1. The normalized spacial score (nSPS) is 11.7. The zero-order chi connectivity index (χ0) is 17.8. The van der Waals surface area contributed by atoms with Crippen molar-refractivity contribution >= 4 is 11.7 Å². The Hall–Kier alpha value is -1.95. The van der Waals surface area contributed by atoms with Gasteiger partial charge in [0.2, 0.25) is 0 Å². The molecule has 1 atom stereocenters. The summed E-state index contributed by atoms with van der Waals surface area (Å²) in [6, 6.07) is 5.79. The maximum atomic E-state index is 11.2. The van der Waals surface area contributed by atoms with Crippen molar-refractivity contribution in [2.24, 2.45) is 5.73 Å². The third-order valence-electron chi connectivity index (χ3n) is 3.60. The molecule has 6 nitrogen and oxygen atoms in total. The third kappa shape index (κ3) is 7.55. The predicted octanol–water partition coefficient (Wildman–Crippen LogP) is 2.96. The average Bonchev–Trinajstić information content (AvgIpc) is 2.59. The molecule has 0 bridgehead atoms. The van der Waals surface area contributed by atoms with Crippen LogP contribution in [0.15, 0.2) is 18.2 Å². The van der Waals surface area contributed by atoms with Crippen molar-refractivity contribution in [2.45, 2.75) is 45.6 Å². The Balaban J connectivity index is 2.39. The Morgan fingerprint density at radius 2 is 2.08 bits per heavy atom. The van der Waals surface area contributed by atoms with Crippen molar-refractivity contribution in [3.8, 4) is 11.5 Å². The molecule has 24 heavy (non-hydrogen) atoms. The molecule has 0 amide bonds. The van der Waals surface area contributed by atoms with Crippen LogP contribution in [0.2, 0.25) is 0 Å². The lowest BCUT2D eigenvalue weighted by atomic mass is 10.2. The average molecular weight is 338 g/mol. The Kier molecular flexibility index (Phi) is 9.68. The molecule has 0 aliphatic heterocycles. The summed E-state index contributed by atoms with van der Waals surface area (Å²) in [5.74, 6) is 1.32. The fraction of sp³-hybridized carbons (Fsp3) is 0.611. The van der Waals surface area contributed by atoms with E-state index in [1.165, 1.54) is 0 Å². The van der Waals surface area contributed by atoms with Gasteiger partial charge in [0.1, 0.15) is 11.5 Å². The highest BCUT2D eigenvalue weighted by atomic mass is 16.5. The van der Waals surface area contributed by atoms with E-state index in [9.17, 15) is 4.79 Å². The van der Waals surface area contributed by atoms with Crippen LogP contribution in [0.4, 0.5) is 5.69 Å². The number of unbranched alkanes of at least 4 members (excludes halogenated alkanes) is 1. The van der Waals surface area contributed by atoms with Crippen molar-refractivity contribution in [1.82, 2.24) is 0 Å². The van der Waals surface area contributed by atoms with Gasteiger partial charge in [-0.2, -0.15) is 0 Å². The molecule has 0 unspecified atom stereocenters. The lowest BCUT2D eigenvalue weighted by Crippen LogP contribution is -2.28. The van der Waals surface area contributed by atoms with Gasteiger partial charge in [-0.1, -0.05) is 6.92 Å². The first kappa shape index (κ1) is 20.1. The Labute approximate surface area is 144 Å². The molecule has 0 aliphatic carbocycles. The van der Waals surface area contributed by atoms with Crippen LogP contribution in [0.5, 0.6) is 11.5 Å². The van der Waals surface area contributed by atoms with E-state index in [0.717, 1.165) is 36.4 Å². The topological polar surface area (TPSA) is 82.8 Å². The second-order valence-electron chi connectivity index (χ2n) is 5.52. The number of esters is 1. The van der Waals surface area contributed by atoms with Crippen LogP contribution in [-0.4, -0.2) is 38.9 Å². The molecule has 6 heteroatoms. The number of nitrogens with one attached hydrogen (secondary N) is 1. The number of benzene rings is 1. The third-order valence-corrected chi connectivity index (χ3v) is 3.60. The molecule has 1 aromatic rings. The molecular formula is C18H30N2O4. The molecule has 0 saturated heterocycles. The van der Waals surface area contributed by atoms with Crippen molar-refractivity contribution < 1.29 is 19.0 Å². The summed E-state index contributed by atoms with van der Waals surface area (Å²) in [5.41, 5.74) is 6.81. The van der Waals surface area contributed by atoms with Gasteiger partial charge in [-0.05, 0) is 38.3 Å². The van der Waals surface area contributed by atoms with E-state index in [1.807, 2.05) is 25.1 Å². The van der Waals surface area contributed by atoms with Gasteiger partial charge in [-0.15, -0.1) is 0 Å². The van der Waals surface area contributed by atoms with E-state index in [0.29, 0.717) is 26.2 Å². The van der Waals surface area contributed by atoms with E-state index in [-0.39, 0.29) is 12.0 Å². The van der Waals surface area contributed by atoms with Gasteiger partial charge in [0.25, 0.3) is 0 Å². The number of rotatable bonds is 12. The summed E-state index contributed by atoms with van der Waals surface area (Å²) < 4.78 is 16.0. The van der Waals surface area contributed by atoms with Crippen LogP contribution < -0.4 is 20.5 Å². The van der Waals surface area contributed by atoms with Crippen LogP contribution in [-0.2, 0) is 9.53 Å². The number of carbonyl (C=O) groups excluding carboxylic acids is 1. The molecule has 0 radical (unpaired) electrons. The molecule has 1 aromatic carbocycles. The van der Waals surface area contributed by atoms with Crippen LogP contribution in [0.1, 0.15) is 39.5 Å². The monoisotopic (exact) mass is 338 g/mol. The molecule has 136 valence electrons. The fourth-order valence-corrected chi connectivity index (χ4v) is 2.09. The molecule has 0 aromatic heterocycles. The number of hydrogen-bond donors (Lipinski definition) is 2. The molecular weight excluding hydrogens is 308 g/mol.